The second kappa shape index (κ2) is 7.55. The zero-order valence-corrected chi connectivity index (χ0v) is 17.9. The molecule has 1 aliphatic rings. The van der Waals surface area contributed by atoms with E-state index >= 15 is 0 Å². The van der Waals surface area contributed by atoms with E-state index in [0.29, 0.717) is 0 Å². The van der Waals surface area contributed by atoms with Gasteiger partial charge in [-0.05, 0) is 40.1 Å². The molecule has 0 heterocycles. The molecule has 0 radical (unpaired) electrons. The van der Waals surface area contributed by atoms with E-state index < -0.39 is 0 Å². The Morgan fingerprint density at radius 1 is 0.774 bits per heavy atom. The smallest absolute Gasteiger partial charge is 0.253 e. The molecule has 0 aliphatic heterocycles. The normalized spacial score (nSPS) is 14.3. The molecular formula is C29H25NO. The van der Waals surface area contributed by atoms with Crippen molar-refractivity contribution < 1.29 is 4.79 Å². The van der Waals surface area contributed by atoms with Crippen molar-refractivity contribution >= 4 is 22.8 Å². The fraction of sp³-hybridized carbons (Fsp3) is 0.138. The van der Waals surface area contributed by atoms with Crippen LogP contribution in [0.3, 0.4) is 0 Å². The van der Waals surface area contributed by atoms with Crippen LogP contribution < -0.4 is 0 Å². The van der Waals surface area contributed by atoms with Gasteiger partial charge in [-0.3, -0.25) is 4.79 Å². The zero-order chi connectivity index (χ0) is 21.4. The minimum atomic E-state index is -0.232. The monoisotopic (exact) mass is 403 g/mol. The highest BCUT2D eigenvalue weighted by Gasteiger charge is 2.35. The van der Waals surface area contributed by atoms with Gasteiger partial charge in [0.25, 0.3) is 5.91 Å². The summed E-state index contributed by atoms with van der Waals surface area (Å²) in [6.07, 6.45) is 5.41. The van der Waals surface area contributed by atoms with Crippen LogP contribution in [0.4, 0.5) is 0 Å². The van der Waals surface area contributed by atoms with Gasteiger partial charge in [0, 0.05) is 30.5 Å². The van der Waals surface area contributed by atoms with Crippen molar-refractivity contribution in [3.8, 4) is 0 Å². The van der Waals surface area contributed by atoms with Crippen molar-refractivity contribution in [1.82, 2.24) is 4.90 Å². The van der Waals surface area contributed by atoms with Crippen LogP contribution in [0.5, 0.6) is 0 Å². The summed E-state index contributed by atoms with van der Waals surface area (Å²) in [4.78, 5) is 14.6. The van der Waals surface area contributed by atoms with Gasteiger partial charge in [-0.2, -0.15) is 0 Å². The summed E-state index contributed by atoms with van der Waals surface area (Å²) in [6, 6.07) is 31.8. The quantitative estimate of drug-likeness (QED) is 0.405. The van der Waals surface area contributed by atoms with Crippen molar-refractivity contribution in [2.75, 3.05) is 14.1 Å². The van der Waals surface area contributed by atoms with Crippen LogP contribution >= 0.6 is 0 Å². The molecule has 4 aromatic carbocycles. The molecule has 152 valence electrons. The van der Waals surface area contributed by atoms with Crippen LogP contribution in [0.25, 0.3) is 16.8 Å². The number of allylic oxidation sites excluding steroid dienone is 1. The molecule has 0 atom stereocenters. The Morgan fingerprint density at radius 2 is 1.42 bits per heavy atom. The first-order valence-electron chi connectivity index (χ1n) is 10.7. The minimum Gasteiger partial charge on any atom is -0.345 e. The van der Waals surface area contributed by atoms with Crippen molar-refractivity contribution in [2.24, 2.45) is 0 Å². The molecule has 0 fully saturated rings. The molecule has 0 saturated heterocycles. The van der Waals surface area contributed by atoms with Gasteiger partial charge in [-0.15, -0.1) is 0 Å². The number of carbonyl (C=O) groups is 1. The third-order valence-electron chi connectivity index (χ3n) is 6.39. The minimum absolute atomic E-state index is 0.0374. The third kappa shape index (κ3) is 3.16. The molecular weight excluding hydrogens is 378 g/mol. The van der Waals surface area contributed by atoms with Gasteiger partial charge < -0.3 is 4.90 Å². The van der Waals surface area contributed by atoms with Crippen molar-refractivity contribution in [1.29, 1.82) is 0 Å². The van der Waals surface area contributed by atoms with Gasteiger partial charge in [0.2, 0.25) is 0 Å². The molecule has 0 bridgehead atoms. The molecule has 2 heteroatoms. The zero-order valence-electron chi connectivity index (χ0n) is 17.9. The number of carbonyl (C=O) groups excluding carboxylic acids is 1. The number of hydrogen-bond donors (Lipinski definition) is 0. The second-order valence-electron chi connectivity index (χ2n) is 8.46. The number of hydrogen-bond acceptors (Lipinski definition) is 1. The second-order valence-corrected chi connectivity index (χ2v) is 8.46. The maximum Gasteiger partial charge on any atom is 0.253 e. The van der Waals surface area contributed by atoms with Crippen LogP contribution in [0.1, 0.15) is 32.6 Å². The van der Waals surface area contributed by atoms with E-state index in [-0.39, 0.29) is 11.3 Å². The van der Waals surface area contributed by atoms with E-state index in [2.05, 4.69) is 91.0 Å². The van der Waals surface area contributed by atoms with Crippen LogP contribution in [0.2, 0.25) is 0 Å². The molecule has 1 aliphatic carbocycles. The lowest BCUT2D eigenvalue weighted by atomic mass is 9.67. The SMILES string of the molecule is CN(C)C(=O)c1cccc2ccc3c(c12)C=CC(c1ccccc1)(c1ccccc1)C3. The fourth-order valence-electron chi connectivity index (χ4n) is 4.83. The van der Waals surface area contributed by atoms with E-state index in [4.69, 9.17) is 0 Å². The van der Waals surface area contributed by atoms with E-state index in [1.54, 1.807) is 4.90 Å². The summed E-state index contributed by atoms with van der Waals surface area (Å²) in [5.41, 5.74) is 5.51. The van der Waals surface area contributed by atoms with Crippen molar-refractivity contribution in [3.05, 3.63) is 125 Å². The molecule has 0 unspecified atom stereocenters. The Labute approximate surface area is 183 Å². The molecule has 31 heavy (non-hydrogen) atoms. The van der Waals surface area contributed by atoms with Crippen molar-refractivity contribution in [2.45, 2.75) is 11.8 Å². The van der Waals surface area contributed by atoms with Crippen LogP contribution in [-0.4, -0.2) is 24.9 Å². The van der Waals surface area contributed by atoms with Gasteiger partial charge in [0.15, 0.2) is 0 Å². The van der Waals surface area contributed by atoms with E-state index in [9.17, 15) is 4.79 Å². The average molecular weight is 404 g/mol. The Bertz CT molecular complexity index is 1250. The highest BCUT2D eigenvalue weighted by Crippen LogP contribution is 2.43. The lowest BCUT2D eigenvalue weighted by molar-refractivity contribution is 0.0829. The van der Waals surface area contributed by atoms with Gasteiger partial charge in [-0.25, -0.2) is 0 Å². The van der Waals surface area contributed by atoms with Gasteiger partial charge >= 0.3 is 0 Å². The lowest BCUT2D eigenvalue weighted by Crippen LogP contribution is -2.30. The van der Waals surface area contributed by atoms with E-state index in [1.807, 2.05) is 26.2 Å². The van der Waals surface area contributed by atoms with Crippen molar-refractivity contribution in [3.63, 3.8) is 0 Å². The van der Waals surface area contributed by atoms with Gasteiger partial charge in [-0.1, -0.05) is 97.1 Å². The molecule has 4 aromatic rings. The summed E-state index contributed by atoms with van der Waals surface area (Å²) in [5, 5.41) is 2.15. The molecule has 0 saturated carbocycles. The molecule has 0 aromatic heterocycles. The van der Waals surface area contributed by atoms with E-state index in [1.165, 1.54) is 16.7 Å². The lowest BCUT2D eigenvalue weighted by Gasteiger charge is -2.36. The molecule has 0 spiro atoms. The number of rotatable bonds is 3. The van der Waals surface area contributed by atoms with Crippen LogP contribution in [-0.2, 0) is 11.8 Å². The molecule has 1 amide bonds. The number of amides is 1. The van der Waals surface area contributed by atoms with E-state index in [0.717, 1.165) is 28.3 Å². The Hall–Kier alpha value is -3.65. The molecule has 5 rings (SSSR count). The predicted octanol–water partition coefficient (Wildman–Crippen LogP) is 6.10. The summed E-state index contributed by atoms with van der Waals surface area (Å²) in [7, 11) is 3.62. The first-order chi connectivity index (χ1) is 15.1. The standard InChI is InChI=1S/C29H25NO/c1-30(2)28(31)26-15-9-10-21-16-17-22-20-29(19-18-25(22)27(21)26,23-11-5-3-6-12-23)24-13-7-4-8-14-24/h3-19H,20H2,1-2H3. The molecule has 2 nitrogen and oxygen atoms in total. The first-order valence-corrected chi connectivity index (χ1v) is 10.7. The molecule has 0 N–H and O–H groups in total. The van der Waals surface area contributed by atoms with Crippen LogP contribution in [0.15, 0.2) is 97.1 Å². The predicted molar refractivity (Wildman–Crippen MR) is 128 cm³/mol. The maximum atomic E-state index is 12.9. The number of benzene rings is 4. The topological polar surface area (TPSA) is 20.3 Å². The largest absolute Gasteiger partial charge is 0.345 e. The maximum absolute atomic E-state index is 12.9. The number of fused-ring (bicyclic) bond motifs is 3. The highest BCUT2D eigenvalue weighted by molar-refractivity contribution is 6.10. The average Bonchev–Trinajstić information content (AvgIpc) is 2.83. The Balaban J connectivity index is 1.75. The van der Waals surface area contributed by atoms with Crippen LogP contribution in [0, 0.1) is 0 Å². The number of nitrogens with zero attached hydrogens (tertiary/aromatic N) is 1. The first kappa shape index (κ1) is 19.3. The highest BCUT2D eigenvalue weighted by atomic mass is 16.2. The third-order valence-corrected chi connectivity index (χ3v) is 6.39. The van der Waals surface area contributed by atoms with Gasteiger partial charge in [0.05, 0.1) is 0 Å². The Morgan fingerprint density at radius 3 is 2.03 bits per heavy atom. The summed E-state index contributed by atoms with van der Waals surface area (Å²) >= 11 is 0. The summed E-state index contributed by atoms with van der Waals surface area (Å²) < 4.78 is 0. The summed E-state index contributed by atoms with van der Waals surface area (Å²) in [6.45, 7) is 0. The Kier molecular flexibility index (Phi) is 4.71. The van der Waals surface area contributed by atoms with Gasteiger partial charge in [0.1, 0.15) is 0 Å². The fourth-order valence-corrected chi connectivity index (χ4v) is 4.83. The summed E-state index contributed by atoms with van der Waals surface area (Å²) in [5.74, 6) is 0.0374.